The zero-order valence-electron chi connectivity index (χ0n) is 10.8. The molecule has 104 valence electrons. The molecule has 6 nitrogen and oxygen atoms in total. The maximum absolute atomic E-state index is 11.5. The molecule has 0 bridgehead atoms. The van der Waals surface area contributed by atoms with Crippen molar-refractivity contribution < 1.29 is 9.53 Å². The van der Waals surface area contributed by atoms with Crippen LogP contribution in [0.4, 0.5) is 0 Å². The van der Waals surface area contributed by atoms with Crippen molar-refractivity contribution in [2.75, 3.05) is 19.4 Å². The average molecular weight is 282 g/mol. The SMILES string of the molecule is COc1ccc(CCNC(=O)CSC(N)=NN)cc1. The predicted octanol–water partition coefficient (Wildman–Crippen LogP) is 0.276. The number of methoxy groups -OCH3 is 1. The smallest absolute Gasteiger partial charge is 0.230 e. The van der Waals surface area contributed by atoms with Crippen LogP contribution < -0.4 is 21.6 Å². The van der Waals surface area contributed by atoms with Crippen LogP contribution in [-0.2, 0) is 11.2 Å². The number of amides is 1. The summed E-state index contributed by atoms with van der Waals surface area (Å²) in [4.78, 5) is 11.5. The van der Waals surface area contributed by atoms with E-state index in [4.69, 9.17) is 16.3 Å². The Hall–Kier alpha value is -1.89. The highest BCUT2D eigenvalue weighted by atomic mass is 32.2. The molecule has 0 spiro atoms. The Balaban J connectivity index is 2.23. The number of hydrogen-bond acceptors (Lipinski definition) is 5. The van der Waals surface area contributed by atoms with Crippen molar-refractivity contribution in [3.8, 4) is 5.75 Å². The number of carbonyl (C=O) groups is 1. The Kier molecular flexibility index (Phi) is 6.59. The normalized spacial score (nSPS) is 11.1. The fraction of sp³-hybridized carbons (Fsp3) is 0.333. The minimum Gasteiger partial charge on any atom is -0.497 e. The lowest BCUT2D eigenvalue weighted by Gasteiger charge is -2.06. The summed E-state index contributed by atoms with van der Waals surface area (Å²) in [6.07, 6.45) is 0.765. The highest BCUT2D eigenvalue weighted by Crippen LogP contribution is 2.11. The molecule has 0 aliphatic rings. The van der Waals surface area contributed by atoms with Gasteiger partial charge in [0.05, 0.1) is 12.9 Å². The molecule has 0 heterocycles. The van der Waals surface area contributed by atoms with E-state index >= 15 is 0 Å². The van der Waals surface area contributed by atoms with Gasteiger partial charge in [-0.05, 0) is 24.1 Å². The van der Waals surface area contributed by atoms with E-state index in [1.165, 1.54) is 0 Å². The molecule has 0 saturated heterocycles. The summed E-state index contributed by atoms with van der Waals surface area (Å²) in [6, 6.07) is 7.73. The van der Waals surface area contributed by atoms with E-state index in [0.717, 1.165) is 29.5 Å². The van der Waals surface area contributed by atoms with Crippen molar-refractivity contribution >= 4 is 22.8 Å². The van der Waals surface area contributed by atoms with Crippen LogP contribution in [0.15, 0.2) is 29.4 Å². The molecular formula is C12H18N4O2S. The van der Waals surface area contributed by atoms with Gasteiger partial charge in [0.15, 0.2) is 5.17 Å². The van der Waals surface area contributed by atoms with E-state index < -0.39 is 0 Å². The molecule has 0 atom stereocenters. The van der Waals surface area contributed by atoms with Crippen molar-refractivity contribution in [3.63, 3.8) is 0 Å². The summed E-state index contributed by atoms with van der Waals surface area (Å²) in [5, 5.41) is 6.27. The monoisotopic (exact) mass is 282 g/mol. The molecule has 0 fully saturated rings. The van der Waals surface area contributed by atoms with Crippen LogP contribution in [-0.4, -0.2) is 30.5 Å². The second kappa shape index (κ2) is 8.25. The highest BCUT2D eigenvalue weighted by Gasteiger charge is 2.03. The molecule has 7 heteroatoms. The van der Waals surface area contributed by atoms with E-state index in [1.54, 1.807) is 7.11 Å². The molecule has 0 aliphatic heterocycles. The minimum absolute atomic E-state index is 0.0925. The summed E-state index contributed by atoms with van der Waals surface area (Å²) in [7, 11) is 1.63. The third kappa shape index (κ3) is 6.01. The number of nitrogens with one attached hydrogen (secondary N) is 1. The summed E-state index contributed by atoms with van der Waals surface area (Å²) >= 11 is 1.11. The molecule has 0 aromatic heterocycles. The first-order valence-electron chi connectivity index (χ1n) is 5.71. The van der Waals surface area contributed by atoms with Gasteiger partial charge in [-0.25, -0.2) is 0 Å². The van der Waals surface area contributed by atoms with Crippen molar-refractivity contribution in [2.24, 2.45) is 16.7 Å². The topological polar surface area (TPSA) is 103 Å². The van der Waals surface area contributed by atoms with Gasteiger partial charge in [-0.2, -0.15) is 5.10 Å². The Bertz CT molecular complexity index is 434. The number of thioether (sulfide) groups is 1. The summed E-state index contributed by atoms with van der Waals surface area (Å²) in [6.45, 7) is 0.575. The van der Waals surface area contributed by atoms with E-state index in [-0.39, 0.29) is 16.8 Å². The third-order valence-electron chi connectivity index (χ3n) is 2.37. The number of ether oxygens (including phenoxy) is 1. The number of rotatable bonds is 6. The standard InChI is InChI=1S/C12H18N4O2S/c1-18-10-4-2-9(3-5-10)6-7-15-11(17)8-19-12(13)16-14/h2-5H,6-8,14H2,1H3,(H2,13,16)(H,15,17). The van der Waals surface area contributed by atoms with Crippen molar-refractivity contribution in [1.29, 1.82) is 0 Å². The van der Waals surface area contributed by atoms with E-state index in [2.05, 4.69) is 10.4 Å². The summed E-state index contributed by atoms with van der Waals surface area (Å²) in [5.74, 6) is 5.90. The second-order valence-electron chi connectivity index (χ2n) is 3.70. The highest BCUT2D eigenvalue weighted by molar-refractivity contribution is 8.14. The van der Waals surface area contributed by atoms with Crippen LogP contribution in [0.2, 0.25) is 0 Å². The molecule has 0 radical (unpaired) electrons. The number of amidine groups is 1. The van der Waals surface area contributed by atoms with E-state index in [1.807, 2.05) is 24.3 Å². The van der Waals surface area contributed by atoms with Crippen LogP contribution >= 0.6 is 11.8 Å². The molecule has 0 aliphatic carbocycles. The molecule has 19 heavy (non-hydrogen) atoms. The number of carbonyl (C=O) groups excluding carboxylic acids is 1. The largest absolute Gasteiger partial charge is 0.497 e. The van der Waals surface area contributed by atoms with Crippen molar-refractivity contribution in [2.45, 2.75) is 6.42 Å². The van der Waals surface area contributed by atoms with Gasteiger partial charge in [0.1, 0.15) is 5.75 Å². The van der Waals surface area contributed by atoms with Gasteiger partial charge in [0.2, 0.25) is 5.91 Å². The number of benzene rings is 1. The molecule has 0 saturated carbocycles. The average Bonchev–Trinajstić information content (AvgIpc) is 2.45. The molecular weight excluding hydrogens is 264 g/mol. The molecule has 0 unspecified atom stereocenters. The molecule has 1 amide bonds. The first kappa shape index (κ1) is 15.2. The maximum Gasteiger partial charge on any atom is 0.230 e. The number of nitrogens with zero attached hydrogens (tertiary/aromatic N) is 1. The van der Waals surface area contributed by atoms with Crippen LogP contribution in [0.25, 0.3) is 0 Å². The van der Waals surface area contributed by atoms with Gasteiger partial charge in [-0.1, -0.05) is 23.9 Å². The molecule has 1 rings (SSSR count). The van der Waals surface area contributed by atoms with Gasteiger partial charge in [-0.3, -0.25) is 4.79 Å². The van der Waals surface area contributed by atoms with Gasteiger partial charge >= 0.3 is 0 Å². The lowest BCUT2D eigenvalue weighted by Crippen LogP contribution is -2.28. The molecule has 1 aromatic rings. The minimum atomic E-state index is -0.0925. The number of hydrazone groups is 1. The first-order valence-corrected chi connectivity index (χ1v) is 6.70. The van der Waals surface area contributed by atoms with Crippen LogP contribution in [0, 0.1) is 0 Å². The Labute approximate surface area is 116 Å². The van der Waals surface area contributed by atoms with E-state index in [9.17, 15) is 4.79 Å². The summed E-state index contributed by atoms with van der Waals surface area (Å²) in [5.41, 5.74) is 6.50. The first-order chi connectivity index (χ1) is 9.15. The quantitative estimate of drug-likeness (QED) is 0.301. The van der Waals surface area contributed by atoms with Crippen molar-refractivity contribution in [3.05, 3.63) is 29.8 Å². The number of hydrogen-bond donors (Lipinski definition) is 3. The number of nitrogens with two attached hydrogens (primary N) is 2. The lowest BCUT2D eigenvalue weighted by atomic mass is 10.1. The third-order valence-corrected chi connectivity index (χ3v) is 3.18. The van der Waals surface area contributed by atoms with Gasteiger partial charge < -0.3 is 21.6 Å². The van der Waals surface area contributed by atoms with Crippen LogP contribution in [0.5, 0.6) is 5.75 Å². The Morgan fingerprint density at radius 1 is 1.42 bits per heavy atom. The predicted molar refractivity (Wildman–Crippen MR) is 78.0 cm³/mol. The molecule has 1 aromatic carbocycles. The Morgan fingerprint density at radius 3 is 2.68 bits per heavy atom. The fourth-order valence-electron chi connectivity index (χ4n) is 1.37. The summed E-state index contributed by atoms with van der Waals surface area (Å²) < 4.78 is 5.07. The Morgan fingerprint density at radius 2 is 2.11 bits per heavy atom. The maximum atomic E-state index is 11.5. The second-order valence-corrected chi connectivity index (χ2v) is 4.70. The van der Waals surface area contributed by atoms with Gasteiger partial charge in [0, 0.05) is 6.54 Å². The molecule has 5 N–H and O–H groups in total. The van der Waals surface area contributed by atoms with Gasteiger partial charge in [0.25, 0.3) is 0 Å². The zero-order chi connectivity index (χ0) is 14.1. The van der Waals surface area contributed by atoms with Crippen LogP contribution in [0.3, 0.4) is 0 Å². The fourth-order valence-corrected chi connectivity index (χ4v) is 1.82. The van der Waals surface area contributed by atoms with Crippen LogP contribution in [0.1, 0.15) is 5.56 Å². The van der Waals surface area contributed by atoms with E-state index in [0.29, 0.717) is 6.54 Å². The van der Waals surface area contributed by atoms with Crippen molar-refractivity contribution in [1.82, 2.24) is 5.32 Å². The lowest BCUT2D eigenvalue weighted by molar-refractivity contribution is -0.118. The zero-order valence-corrected chi connectivity index (χ0v) is 11.6. The van der Waals surface area contributed by atoms with Gasteiger partial charge in [-0.15, -0.1) is 0 Å².